The maximum Gasteiger partial charge on any atom is 0.319 e. The summed E-state index contributed by atoms with van der Waals surface area (Å²) in [5, 5.41) is 0.915. The van der Waals surface area contributed by atoms with Crippen molar-refractivity contribution < 1.29 is 14.3 Å². The molecule has 3 heterocycles. The second-order valence-electron chi connectivity index (χ2n) is 7.21. The third kappa shape index (κ3) is 4.28. The molecule has 0 aliphatic carbocycles. The molecule has 0 spiro atoms. The highest BCUT2D eigenvalue weighted by atomic mass is 32.2. The fourth-order valence-electron chi connectivity index (χ4n) is 3.27. The van der Waals surface area contributed by atoms with Crippen molar-refractivity contribution in [2.45, 2.75) is 31.8 Å². The Morgan fingerprint density at radius 1 is 1.26 bits per heavy atom. The molecule has 0 unspecified atom stereocenters. The van der Waals surface area contributed by atoms with E-state index in [-0.39, 0.29) is 17.9 Å². The van der Waals surface area contributed by atoms with Crippen LogP contribution in [0.15, 0.2) is 35.3 Å². The van der Waals surface area contributed by atoms with E-state index >= 15 is 0 Å². The molecule has 2 N–H and O–H groups in total. The minimum atomic E-state index is -0.511. The number of para-hydroxylation sites is 1. The lowest BCUT2D eigenvalue weighted by atomic mass is 10.1. The lowest BCUT2D eigenvalue weighted by Gasteiger charge is -2.10. The van der Waals surface area contributed by atoms with Gasteiger partial charge in [0.15, 0.2) is 6.61 Å². The van der Waals surface area contributed by atoms with Crippen LogP contribution in [0.5, 0.6) is 0 Å². The highest BCUT2D eigenvalue weighted by Crippen LogP contribution is 2.26. The SMILES string of the molecule is Cc1sc2nc(CS[C@@H](C)C(=O)OCC(=O)c3c[nH]c4ccccc34)[nH]c(=O)c2c1C. The Labute approximate surface area is 186 Å². The fraction of sp³-hybridized carbons (Fsp3) is 0.273. The number of nitrogens with one attached hydrogen (secondary N) is 2. The van der Waals surface area contributed by atoms with Crippen molar-refractivity contribution in [1.82, 2.24) is 15.0 Å². The maximum absolute atomic E-state index is 12.5. The Kier molecular flexibility index (Phi) is 5.97. The van der Waals surface area contributed by atoms with E-state index in [0.717, 1.165) is 21.3 Å². The molecule has 1 aromatic carbocycles. The summed E-state index contributed by atoms with van der Waals surface area (Å²) in [6, 6.07) is 7.46. The molecule has 31 heavy (non-hydrogen) atoms. The van der Waals surface area contributed by atoms with Crippen LogP contribution in [0, 0.1) is 13.8 Å². The van der Waals surface area contributed by atoms with Gasteiger partial charge >= 0.3 is 5.97 Å². The number of thiophene rings is 1. The molecule has 4 aromatic rings. The van der Waals surface area contributed by atoms with Crippen molar-refractivity contribution in [3.8, 4) is 0 Å². The van der Waals surface area contributed by atoms with Gasteiger partial charge in [-0.1, -0.05) is 18.2 Å². The smallest absolute Gasteiger partial charge is 0.319 e. The van der Waals surface area contributed by atoms with Crippen LogP contribution < -0.4 is 5.56 Å². The number of aromatic amines is 2. The van der Waals surface area contributed by atoms with Crippen LogP contribution in [0.25, 0.3) is 21.1 Å². The van der Waals surface area contributed by atoms with Crippen molar-refractivity contribution >= 4 is 56.0 Å². The summed E-state index contributed by atoms with van der Waals surface area (Å²) in [6.07, 6.45) is 1.63. The average Bonchev–Trinajstić information content (AvgIpc) is 3.31. The molecule has 0 amide bonds. The average molecular weight is 456 g/mol. The topological polar surface area (TPSA) is 105 Å². The third-order valence-electron chi connectivity index (χ3n) is 5.13. The van der Waals surface area contributed by atoms with Crippen LogP contribution in [0.4, 0.5) is 0 Å². The van der Waals surface area contributed by atoms with Gasteiger partial charge in [0, 0.05) is 27.5 Å². The number of hydrogen-bond donors (Lipinski definition) is 2. The molecule has 9 heteroatoms. The highest BCUT2D eigenvalue weighted by Gasteiger charge is 2.20. The van der Waals surface area contributed by atoms with Gasteiger partial charge in [-0.15, -0.1) is 23.1 Å². The van der Waals surface area contributed by atoms with E-state index in [0.29, 0.717) is 27.4 Å². The van der Waals surface area contributed by atoms with Crippen molar-refractivity contribution in [1.29, 1.82) is 0 Å². The first-order valence-corrected chi connectivity index (χ1v) is 11.6. The zero-order chi connectivity index (χ0) is 22.1. The standard InChI is InChI=1S/C22H21N3O4S2/c1-11-12(2)31-21-19(11)20(27)24-18(25-21)10-30-13(3)22(28)29-9-17(26)15-8-23-16-7-5-4-6-14(15)16/h4-8,13,23H,9-10H2,1-3H3,(H,24,25,27)/t13-/m0/s1. The molecule has 1 atom stereocenters. The zero-order valence-electron chi connectivity index (χ0n) is 17.3. The molecule has 7 nitrogen and oxygen atoms in total. The summed E-state index contributed by atoms with van der Waals surface area (Å²) < 4.78 is 5.23. The predicted molar refractivity (Wildman–Crippen MR) is 124 cm³/mol. The Morgan fingerprint density at radius 3 is 2.84 bits per heavy atom. The van der Waals surface area contributed by atoms with Gasteiger partial charge in [0.1, 0.15) is 15.9 Å². The predicted octanol–water partition coefficient (Wildman–Crippen LogP) is 4.13. The fourth-order valence-corrected chi connectivity index (χ4v) is 5.07. The molecule has 0 saturated carbocycles. The van der Waals surface area contributed by atoms with E-state index in [1.165, 1.54) is 23.1 Å². The number of nitrogens with zero attached hydrogens (tertiary/aromatic N) is 1. The number of fused-ring (bicyclic) bond motifs is 2. The lowest BCUT2D eigenvalue weighted by Crippen LogP contribution is -2.21. The Balaban J connectivity index is 1.35. The number of carbonyl (C=O) groups is 2. The Hall–Kier alpha value is -2.91. The third-order valence-corrected chi connectivity index (χ3v) is 7.36. The van der Waals surface area contributed by atoms with E-state index < -0.39 is 11.2 Å². The van der Waals surface area contributed by atoms with Crippen LogP contribution in [0.3, 0.4) is 0 Å². The summed E-state index contributed by atoms with van der Waals surface area (Å²) in [4.78, 5) is 49.3. The van der Waals surface area contributed by atoms with Crippen molar-refractivity contribution in [3.63, 3.8) is 0 Å². The van der Waals surface area contributed by atoms with E-state index in [9.17, 15) is 14.4 Å². The molecule has 0 fully saturated rings. The number of aryl methyl sites for hydroxylation is 2. The normalized spacial score (nSPS) is 12.4. The van der Waals surface area contributed by atoms with Gasteiger partial charge < -0.3 is 14.7 Å². The molecular formula is C22H21N3O4S2. The van der Waals surface area contributed by atoms with Gasteiger partial charge in [-0.05, 0) is 32.4 Å². The number of benzene rings is 1. The number of aromatic nitrogens is 3. The minimum absolute atomic E-state index is 0.165. The Bertz CT molecular complexity index is 1350. The number of ether oxygens (including phenoxy) is 1. The van der Waals surface area contributed by atoms with Crippen LogP contribution >= 0.6 is 23.1 Å². The number of esters is 1. The first kappa shape index (κ1) is 21.3. The highest BCUT2D eigenvalue weighted by molar-refractivity contribution is 7.99. The molecule has 0 bridgehead atoms. The largest absolute Gasteiger partial charge is 0.456 e. The van der Waals surface area contributed by atoms with Gasteiger partial charge in [0.05, 0.1) is 11.1 Å². The number of ketones is 1. The maximum atomic E-state index is 12.5. The monoisotopic (exact) mass is 455 g/mol. The molecule has 3 aromatic heterocycles. The number of hydrogen-bond acceptors (Lipinski definition) is 7. The summed E-state index contributed by atoms with van der Waals surface area (Å²) >= 11 is 2.78. The van der Waals surface area contributed by atoms with E-state index in [2.05, 4.69) is 15.0 Å². The van der Waals surface area contributed by atoms with Gasteiger partial charge in [-0.2, -0.15) is 0 Å². The van der Waals surface area contributed by atoms with Gasteiger partial charge in [0.25, 0.3) is 5.56 Å². The molecule has 0 saturated heterocycles. The number of carbonyl (C=O) groups excluding carboxylic acids is 2. The second kappa shape index (κ2) is 8.68. The van der Waals surface area contributed by atoms with Crippen LogP contribution in [0.2, 0.25) is 0 Å². The van der Waals surface area contributed by atoms with E-state index in [1.54, 1.807) is 13.1 Å². The van der Waals surface area contributed by atoms with E-state index in [1.807, 2.05) is 38.1 Å². The first-order chi connectivity index (χ1) is 14.8. The number of H-pyrrole nitrogens is 2. The van der Waals surface area contributed by atoms with Crippen molar-refractivity contribution in [2.75, 3.05) is 6.61 Å². The van der Waals surface area contributed by atoms with Crippen LogP contribution in [-0.4, -0.2) is 38.6 Å². The van der Waals surface area contributed by atoms with E-state index in [4.69, 9.17) is 4.74 Å². The molecule has 0 aliphatic rings. The summed E-state index contributed by atoms with van der Waals surface area (Å²) in [7, 11) is 0. The summed E-state index contributed by atoms with van der Waals surface area (Å²) in [6.45, 7) is 5.26. The molecule has 160 valence electrons. The van der Waals surface area contributed by atoms with Gasteiger partial charge in [-0.25, -0.2) is 4.98 Å². The van der Waals surface area contributed by atoms with Gasteiger partial charge in [0.2, 0.25) is 5.78 Å². The number of Topliss-reactive ketones (excluding diaryl/α,β-unsaturated/α-hetero) is 1. The van der Waals surface area contributed by atoms with Crippen molar-refractivity contribution in [2.24, 2.45) is 0 Å². The first-order valence-electron chi connectivity index (χ1n) is 9.71. The number of rotatable bonds is 7. The number of thioether (sulfide) groups is 1. The Morgan fingerprint density at radius 2 is 2.03 bits per heavy atom. The summed E-state index contributed by atoms with van der Waals surface area (Å²) in [5.74, 6) is 0.124. The van der Waals surface area contributed by atoms with Crippen molar-refractivity contribution in [3.05, 3.63) is 62.6 Å². The molecular weight excluding hydrogens is 434 g/mol. The zero-order valence-corrected chi connectivity index (χ0v) is 18.9. The lowest BCUT2D eigenvalue weighted by molar-refractivity contribution is -0.141. The van der Waals surface area contributed by atoms with Gasteiger partial charge in [-0.3, -0.25) is 14.4 Å². The second-order valence-corrected chi connectivity index (χ2v) is 9.74. The van der Waals surface area contributed by atoms with Crippen LogP contribution in [0.1, 0.15) is 33.5 Å². The summed E-state index contributed by atoms with van der Waals surface area (Å²) in [5.41, 5.74) is 2.14. The minimum Gasteiger partial charge on any atom is -0.456 e. The molecule has 0 radical (unpaired) electrons. The molecule has 0 aliphatic heterocycles. The molecule has 4 rings (SSSR count). The van der Waals surface area contributed by atoms with Crippen LogP contribution in [-0.2, 0) is 15.3 Å². The quantitative estimate of drug-likeness (QED) is 0.321.